The average molecular weight is 170 g/mol. The maximum atomic E-state index is 3.56. The molecule has 0 saturated carbocycles. The molecule has 0 aromatic heterocycles. The molecule has 2 nitrogen and oxygen atoms in total. The number of nitrogens with one attached hydrogen (secondary N) is 1. The van der Waals surface area contributed by atoms with Gasteiger partial charge in [0.25, 0.3) is 0 Å². The van der Waals surface area contributed by atoms with Crippen LogP contribution in [0.3, 0.4) is 0 Å². The maximum Gasteiger partial charge on any atom is 0.0218 e. The maximum absolute atomic E-state index is 3.56. The SMILES string of the molecule is CC(C)[C@H]1CN(C(C)C)CCN1. The highest BCUT2D eigenvalue weighted by Gasteiger charge is 2.22. The summed E-state index contributed by atoms with van der Waals surface area (Å²) in [5.74, 6) is 0.756. The highest BCUT2D eigenvalue weighted by atomic mass is 15.2. The normalized spacial score (nSPS) is 27.0. The molecule has 0 spiro atoms. The summed E-state index contributed by atoms with van der Waals surface area (Å²) in [6.07, 6.45) is 0. The lowest BCUT2D eigenvalue weighted by Crippen LogP contribution is -2.54. The Bertz CT molecular complexity index is 118. The van der Waals surface area contributed by atoms with Crippen molar-refractivity contribution in [1.29, 1.82) is 0 Å². The van der Waals surface area contributed by atoms with E-state index in [4.69, 9.17) is 0 Å². The van der Waals surface area contributed by atoms with Gasteiger partial charge < -0.3 is 5.32 Å². The van der Waals surface area contributed by atoms with E-state index in [1.165, 1.54) is 13.1 Å². The summed E-state index contributed by atoms with van der Waals surface area (Å²) >= 11 is 0. The Balaban J connectivity index is 2.40. The summed E-state index contributed by atoms with van der Waals surface area (Å²) < 4.78 is 0. The van der Waals surface area contributed by atoms with Gasteiger partial charge in [-0.25, -0.2) is 0 Å². The van der Waals surface area contributed by atoms with E-state index in [9.17, 15) is 0 Å². The van der Waals surface area contributed by atoms with Crippen molar-refractivity contribution >= 4 is 0 Å². The summed E-state index contributed by atoms with van der Waals surface area (Å²) in [5, 5.41) is 3.56. The fourth-order valence-corrected chi connectivity index (χ4v) is 1.72. The first kappa shape index (κ1) is 10.0. The van der Waals surface area contributed by atoms with Crippen molar-refractivity contribution in [2.24, 2.45) is 5.92 Å². The van der Waals surface area contributed by atoms with Gasteiger partial charge in [-0.15, -0.1) is 0 Å². The first-order valence-electron chi connectivity index (χ1n) is 5.08. The lowest BCUT2D eigenvalue weighted by Gasteiger charge is -2.38. The van der Waals surface area contributed by atoms with Crippen molar-refractivity contribution in [3.05, 3.63) is 0 Å². The molecule has 1 aliphatic rings. The van der Waals surface area contributed by atoms with Crippen LogP contribution in [0.25, 0.3) is 0 Å². The second-order valence-electron chi connectivity index (χ2n) is 4.39. The van der Waals surface area contributed by atoms with E-state index >= 15 is 0 Å². The van der Waals surface area contributed by atoms with Crippen LogP contribution in [0.2, 0.25) is 0 Å². The van der Waals surface area contributed by atoms with Gasteiger partial charge in [0.05, 0.1) is 0 Å². The number of nitrogens with zero attached hydrogens (tertiary/aromatic N) is 1. The van der Waals surface area contributed by atoms with Crippen LogP contribution in [-0.2, 0) is 0 Å². The lowest BCUT2D eigenvalue weighted by molar-refractivity contribution is 0.143. The van der Waals surface area contributed by atoms with Crippen LogP contribution in [0, 0.1) is 5.92 Å². The number of hydrogen-bond donors (Lipinski definition) is 1. The molecule has 1 atom stereocenters. The second-order valence-corrected chi connectivity index (χ2v) is 4.39. The van der Waals surface area contributed by atoms with Gasteiger partial charge in [-0.1, -0.05) is 13.8 Å². The van der Waals surface area contributed by atoms with E-state index in [2.05, 4.69) is 37.9 Å². The third-order valence-corrected chi connectivity index (χ3v) is 2.77. The Kier molecular flexibility index (Phi) is 3.53. The Hall–Kier alpha value is -0.0800. The van der Waals surface area contributed by atoms with Crippen LogP contribution in [0.5, 0.6) is 0 Å². The predicted molar refractivity (Wildman–Crippen MR) is 53.3 cm³/mol. The van der Waals surface area contributed by atoms with Gasteiger partial charge in [0.1, 0.15) is 0 Å². The van der Waals surface area contributed by atoms with Crippen LogP contribution in [-0.4, -0.2) is 36.6 Å². The molecule has 0 amide bonds. The molecule has 1 rings (SSSR count). The fraction of sp³-hybridized carbons (Fsp3) is 1.00. The number of rotatable bonds is 2. The van der Waals surface area contributed by atoms with Crippen LogP contribution in [0.15, 0.2) is 0 Å². The van der Waals surface area contributed by atoms with Crippen LogP contribution in [0.1, 0.15) is 27.7 Å². The summed E-state index contributed by atoms with van der Waals surface area (Å²) in [4.78, 5) is 2.56. The molecule has 2 heteroatoms. The summed E-state index contributed by atoms with van der Waals surface area (Å²) in [6.45, 7) is 12.7. The Morgan fingerprint density at radius 1 is 1.25 bits per heavy atom. The molecule has 0 aliphatic carbocycles. The zero-order chi connectivity index (χ0) is 9.14. The van der Waals surface area contributed by atoms with Crippen LogP contribution >= 0.6 is 0 Å². The summed E-state index contributed by atoms with van der Waals surface area (Å²) in [5.41, 5.74) is 0. The second kappa shape index (κ2) is 4.24. The van der Waals surface area contributed by atoms with Gasteiger partial charge in [0, 0.05) is 31.7 Å². The van der Waals surface area contributed by atoms with E-state index in [1.54, 1.807) is 0 Å². The molecule has 0 unspecified atom stereocenters. The molecule has 12 heavy (non-hydrogen) atoms. The standard InChI is InChI=1S/C10H22N2/c1-8(2)10-7-12(9(3)4)6-5-11-10/h8-11H,5-7H2,1-4H3/t10-/m1/s1. The van der Waals surface area contributed by atoms with Crippen molar-refractivity contribution in [1.82, 2.24) is 10.2 Å². The summed E-state index contributed by atoms with van der Waals surface area (Å²) in [6, 6.07) is 1.40. The number of piperazine rings is 1. The average Bonchev–Trinajstić information content (AvgIpc) is 2.04. The van der Waals surface area contributed by atoms with Gasteiger partial charge in [-0.05, 0) is 19.8 Å². The van der Waals surface area contributed by atoms with E-state index in [0.29, 0.717) is 12.1 Å². The minimum Gasteiger partial charge on any atom is -0.311 e. The zero-order valence-corrected chi connectivity index (χ0v) is 8.80. The van der Waals surface area contributed by atoms with Crippen molar-refractivity contribution in [3.63, 3.8) is 0 Å². The smallest absolute Gasteiger partial charge is 0.0218 e. The third kappa shape index (κ3) is 2.46. The molecule has 0 bridgehead atoms. The molecule has 0 radical (unpaired) electrons. The Morgan fingerprint density at radius 3 is 2.42 bits per heavy atom. The highest BCUT2D eigenvalue weighted by molar-refractivity contribution is 4.81. The molecule has 0 aromatic carbocycles. The molecular formula is C10H22N2. The van der Waals surface area contributed by atoms with E-state index in [0.717, 1.165) is 12.5 Å². The Morgan fingerprint density at radius 2 is 1.92 bits per heavy atom. The van der Waals surface area contributed by atoms with Crippen molar-refractivity contribution < 1.29 is 0 Å². The zero-order valence-electron chi connectivity index (χ0n) is 8.80. The predicted octanol–water partition coefficient (Wildman–Crippen LogP) is 1.32. The van der Waals surface area contributed by atoms with Gasteiger partial charge in [0.2, 0.25) is 0 Å². The van der Waals surface area contributed by atoms with Crippen molar-refractivity contribution in [2.75, 3.05) is 19.6 Å². The largest absolute Gasteiger partial charge is 0.311 e. The van der Waals surface area contributed by atoms with Gasteiger partial charge >= 0.3 is 0 Å². The van der Waals surface area contributed by atoms with E-state index < -0.39 is 0 Å². The van der Waals surface area contributed by atoms with Crippen LogP contribution < -0.4 is 5.32 Å². The summed E-state index contributed by atoms with van der Waals surface area (Å²) in [7, 11) is 0. The number of hydrogen-bond acceptors (Lipinski definition) is 2. The molecule has 1 N–H and O–H groups in total. The van der Waals surface area contributed by atoms with Gasteiger partial charge in [-0.3, -0.25) is 4.90 Å². The van der Waals surface area contributed by atoms with Crippen LogP contribution in [0.4, 0.5) is 0 Å². The van der Waals surface area contributed by atoms with Crippen molar-refractivity contribution in [2.45, 2.75) is 39.8 Å². The van der Waals surface area contributed by atoms with E-state index in [1.807, 2.05) is 0 Å². The molecule has 1 fully saturated rings. The topological polar surface area (TPSA) is 15.3 Å². The molecule has 1 aliphatic heterocycles. The molecular weight excluding hydrogens is 148 g/mol. The lowest BCUT2D eigenvalue weighted by atomic mass is 10.0. The molecule has 72 valence electrons. The first-order chi connectivity index (χ1) is 5.61. The molecule has 1 saturated heterocycles. The van der Waals surface area contributed by atoms with Gasteiger partial charge in [-0.2, -0.15) is 0 Å². The first-order valence-corrected chi connectivity index (χ1v) is 5.08. The minimum absolute atomic E-state index is 0.696. The molecule has 0 aromatic rings. The van der Waals surface area contributed by atoms with Gasteiger partial charge in [0.15, 0.2) is 0 Å². The van der Waals surface area contributed by atoms with Crippen molar-refractivity contribution in [3.8, 4) is 0 Å². The highest BCUT2D eigenvalue weighted by Crippen LogP contribution is 2.10. The van der Waals surface area contributed by atoms with E-state index in [-0.39, 0.29) is 0 Å². The molecule has 1 heterocycles. The third-order valence-electron chi connectivity index (χ3n) is 2.77. The Labute approximate surface area is 76.3 Å². The fourth-order valence-electron chi connectivity index (χ4n) is 1.72. The monoisotopic (exact) mass is 170 g/mol. The quantitative estimate of drug-likeness (QED) is 0.672. The minimum atomic E-state index is 0.696.